The number of thiophene rings is 1. The molecule has 1 amide bonds. The Hall–Kier alpha value is -2.45. The minimum atomic E-state index is -0.318. The normalized spacial score (nSPS) is 10.6. The third-order valence-corrected chi connectivity index (χ3v) is 4.27. The fraction of sp³-hybridized carbons (Fsp3) is 0.176. The molecule has 3 nitrogen and oxygen atoms in total. The van der Waals surface area contributed by atoms with Crippen molar-refractivity contribution in [3.05, 3.63) is 57.7 Å². The Morgan fingerprint density at radius 3 is 2.68 bits per heavy atom. The maximum atomic E-state index is 12.8. The summed E-state index contributed by atoms with van der Waals surface area (Å²) in [5.41, 5.74) is 2.24. The van der Waals surface area contributed by atoms with Crippen LogP contribution >= 0.6 is 11.3 Å². The van der Waals surface area contributed by atoms with Gasteiger partial charge < -0.3 is 5.32 Å². The van der Waals surface area contributed by atoms with Crippen molar-refractivity contribution < 1.29 is 9.18 Å². The van der Waals surface area contributed by atoms with E-state index in [1.54, 1.807) is 18.2 Å². The average Bonchev–Trinajstić information content (AvgIpc) is 2.81. The van der Waals surface area contributed by atoms with Gasteiger partial charge in [0, 0.05) is 11.0 Å². The predicted molar refractivity (Wildman–Crippen MR) is 87.2 cm³/mol. The highest BCUT2D eigenvalue weighted by Crippen LogP contribution is 2.32. The van der Waals surface area contributed by atoms with Crippen molar-refractivity contribution in [3.8, 4) is 6.07 Å². The lowest BCUT2D eigenvalue weighted by molar-refractivity contribution is -0.111. The van der Waals surface area contributed by atoms with E-state index in [-0.39, 0.29) is 11.7 Å². The van der Waals surface area contributed by atoms with Crippen LogP contribution in [0.1, 0.15) is 28.5 Å². The van der Waals surface area contributed by atoms with Crippen molar-refractivity contribution in [2.45, 2.75) is 20.3 Å². The molecule has 0 radical (unpaired) electrons. The van der Waals surface area contributed by atoms with Crippen molar-refractivity contribution in [1.29, 1.82) is 5.26 Å². The molecule has 1 aromatic carbocycles. The molecule has 0 unspecified atom stereocenters. The summed E-state index contributed by atoms with van der Waals surface area (Å²) in [6.07, 6.45) is 3.73. The molecule has 5 heteroatoms. The second kappa shape index (κ2) is 7.01. The predicted octanol–water partition coefficient (Wildman–Crippen LogP) is 4.28. The Labute approximate surface area is 132 Å². The summed E-state index contributed by atoms with van der Waals surface area (Å²) in [4.78, 5) is 13.0. The van der Waals surface area contributed by atoms with Gasteiger partial charge in [0.15, 0.2) is 0 Å². The number of aryl methyl sites for hydroxylation is 1. The molecule has 2 rings (SSSR count). The van der Waals surface area contributed by atoms with Crippen LogP contribution in [0.25, 0.3) is 6.08 Å². The van der Waals surface area contributed by atoms with Gasteiger partial charge in [-0.05, 0) is 42.7 Å². The summed E-state index contributed by atoms with van der Waals surface area (Å²) in [5.74, 6) is -0.633. The Bertz CT molecular complexity index is 754. The first-order valence-electron chi connectivity index (χ1n) is 6.82. The van der Waals surface area contributed by atoms with Crippen LogP contribution in [0.2, 0.25) is 0 Å². The molecule has 0 aliphatic rings. The minimum absolute atomic E-state index is 0.315. The number of hydrogen-bond acceptors (Lipinski definition) is 3. The monoisotopic (exact) mass is 314 g/mol. The molecule has 0 aliphatic heterocycles. The lowest BCUT2D eigenvalue weighted by atomic mass is 10.1. The second-order valence-corrected chi connectivity index (χ2v) is 5.91. The number of nitriles is 1. The van der Waals surface area contributed by atoms with Gasteiger partial charge in [-0.2, -0.15) is 5.26 Å². The zero-order chi connectivity index (χ0) is 16.1. The fourth-order valence-electron chi connectivity index (χ4n) is 2.11. The number of benzene rings is 1. The molecule has 0 fully saturated rings. The zero-order valence-corrected chi connectivity index (χ0v) is 13.1. The van der Waals surface area contributed by atoms with E-state index in [2.05, 4.69) is 11.4 Å². The number of carbonyl (C=O) groups excluding carboxylic acids is 1. The Balaban J connectivity index is 2.13. The van der Waals surface area contributed by atoms with Crippen LogP contribution in [0, 0.1) is 24.1 Å². The molecule has 112 valence electrons. The number of hydrogen-bond donors (Lipinski definition) is 1. The van der Waals surface area contributed by atoms with Gasteiger partial charge in [0.25, 0.3) is 0 Å². The van der Waals surface area contributed by atoms with Crippen LogP contribution in [0.4, 0.5) is 9.39 Å². The van der Waals surface area contributed by atoms with Crippen LogP contribution in [0.3, 0.4) is 0 Å². The second-order valence-electron chi connectivity index (χ2n) is 4.68. The van der Waals surface area contributed by atoms with E-state index in [0.29, 0.717) is 10.6 Å². The van der Waals surface area contributed by atoms with Crippen molar-refractivity contribution >= 4 is 28.3 Å². The standard InChI is InChI=1S/C17H15FN2OS/c1-3-14-11(2)22-17(15(14)10-19)20-16(21)9-6-12-4-7-13(18)8-5-12/h4-9H,3H2,1-2H3,(H,20,21). The zero-order valence-electron chi connectivity index (χ0n) is 12.3. The first kappa shape index (κ1) is 15.9. The van der Waals surface area contributed by atoms with Gasteiger partial charge in [0.1, 0.15) is 16.9 Å². The highest BCUT2D eigenvalue weighted by Gasteiger charge is 2.15. The fourth-order valence-corrected chi connectivity index (χ4v) is 3.21. The van der Waals surface area contributed by atoms with Crippen molar-refractivity contribution in [1.82, 2.24) is 0 Å². The number of nitrogens with zero attached hydrogens (tertiary/aromatic N) is 1. The summed E-state index contributed by atoms with van der Waals surface area (Å²) in [7, 11) is 0. The van der Waals surface area contributed by atoms with Gasteiger partial charge in [-0.1, -0.05) is 19.1 Å². The van der Waals surface area contributed by atoms with E-state index < -0.39 is 0 Å². The number of anilines is 1. The highest BCUT2D eigenvalue weighted by atomic mass is 32.1. The van der Waals surface area contributed by atoms with E-state index in [4.69, 9.17) is 0 Å². The SMILES string of the molecule is CCc1c(C)sc(NC(=O)C=Cc2ccc(F)cc2)c1C#N. The number of carbonyl (C=O) groups is 1. The van der Waals surface area contributed by atoms with Gasteiger partial charge in [-0.15, -0.1) is 11.3 Å². The molecular weight excluding hydrogens is 299 g/mol. The molecule has 1 heterocycles. The summed E-state index contributed by atoms with van der Waals surface area (Å²) < 4.78 is 12.8. The molecule has 0 spiro atoms. The molecule has 0 saturated heterocycles. The number of amides is 1. The first-order valence-corrected chi connectivity index (χ1v) is 7.63. The molecule has 2 aromatic rings. The summed E-state index contributed by atoms with van der Waals surface area (Å²) in [5, 5.41) is 12.6. The third-order valence-electron chi connectivity index (χ3n) is 3.21. The van der Waals surface area contributed by atoms with Crippen molar-refractivity contribution in [3.63, 3.8) is 0 Å². The van der Waals surface area contributed by atoms with Gasteiger partial charge in [-0.25, -0.2) is 4.39 Å². The van der Waals surface area contributed by atoms with Crippen LogP contribution in [0.5, 0.6) is 0 Å². The van der Waals surface area contributed by atoms with Crippen LogP contribution in [-0.2, 0) is 11.2 Å². The summed E-state index contributed by atoms with van der Waals surface area (Å²) >= 11 is 1.40. The van der Waals surface area contributed by atoms with Crippen molar-refractivity contribution in [2.24, 2.45) is 0 Å². The molecule has 1 aromatic heterocycles. The van der Waals surface area contributed by atoms with Crippen LogP contribution in [-0.4, -0.2) is 5.91 Å². The molecule has 0 aliphatic carbocycles. The van der Waals surface area contributed by atoms with Gasteiger partial charge >= 0.3 is 0 Å². The average molecular weight is 314 g/mol. The number of nitrogens with one attached hydrogen (secondary N) is 1. The van der Waals surface area contributed by atoms with Crippen molar-refractivity contribution in [2.75, 3.05) is 5.32 Å². The van der Waals surface area contributed by atoms with Gasteiger partial charge in [-0.3, -0.25) is 4.79 Å². The lowest BCUT2D eigenvalue weighted by Gasteiger charge is -2.00. The largest absolute Gasteiger partial charge is 0.313 e. The van der Waals surface area contributed by atoms with E-state index in [0.717, 1.165) is 22.4 Å². The van der Waals surface area contributed by atoms with E-state index >= 15 is 0 Å². The Kier molecular flexibility index (Phi) is 5.08. The number of halogens is 1. The molecule has 0 saturated carbocycles. The maximum absolute atomic E-state index is 12.8. The third kappa shape index (κ3) is 3.60. The van der Waals surface area contributed by atoms with E-state index in [9.17, 15) is 14.4 Å². The molecule has 0 atom stereocenters. The molecule has 22 heavy (non-hydrogen) atoms. The highest BCUT2D eigenvalue weighted by molar-refractivity contribution is 7.16. The van der Waals surface area contributed by atoms with Crippen LogP contribution in [0.15, 0.2) is 30.3 Å². The van der Waals surface area contributed by atoms with E-state index in [1.165, 1.54) is 29.5 Å². The smallest absolute Gasteiger partial charge is 0.249 e. The molecule has 1 N–H and O–H groups in total. The maximum Gasteiger partial charge on any atom is 0.249 e. The Morgan fingerprint density at radius 1 is 1.41 bits per heavy atom. The first-order chi connectivity index (χ1) is 10.5. The summed E-state index contributed by atoms with van der Waals surface area (Å²) in [6.45, 7) is 3.92. The van der Waals surface area contributed by atoms with E-state index in [1.807, 2.05) is 13.8 Å². The van der Waals surface area contributed by atoms with Gasteiger partial charge in [0.2, 0.25) is 5.91 Å². The van der Waals surface area contributed by atoms with Crippen LogP contribution < -0.4 is 5.32 Å². The lowest BCUT2D eigenvalue weighted by Crippen LogP contribution is -2.07. The minimum Gasteiger partial charge on any atom is -0.313 e. The number of rotatable bonds is 4. The Morgan fingerprint density at radius 2 is 2.09 bits per heavy atom. The molecular formula is C17H15FN2OS. The topological polar surface area (TPSA) is 52.9 Å². The molecule has 0 bridgehead atoms. The van der Waals surface area contributed by atoms with Gasteiger partial charge in [0.05, 0.1) is 5.56 Å². The summed E-state index contributed by atoms with van der Waals surface area (Å²) in [6, 6.07) is 8.00. The quantitative estimate of drug-likeness (QED) is 0.856.